The van der Waals surface area contributed by atoms with Crippen molar-refractivity contribution in [2.75, 3.05) is 6.61 Å². The predicted molar refractivity (Wildman–Crippen MR) is 57.5 cm³/mol. The monoisotopic (exact) mass is 264 g/mol. The van der Waals surface area contributed by atoms with Crippen LogP contribution in [0.15, 0.2) is 35.2 Å². The van der Waals surface area contributed by atoms with Gasteiger partial charge in [-0.1, -0.05) is 18.2 Å². The topological polar surface area (TPSA) is 91.6 Å². The van der Waals surface area contributed by atoms with Crippen LogP contribution in [0.2, 0.25) is 0 Å². The summed E-state index contributed by atoms with van der Waals surface area (Å²) in [5.41, 5.74) is 0. The fraction of sp³-hybridized carbons (Fsp3) is 0.250. The quantitative estimate of drug-likeness (QED) is 0.792. The van der Waals surface area contributed by atoms with Gasteiger partial charge in [-0.2, -0.15) is 0 Å². The average molecular weight is 264 g/mol. The molecule has 0 spiro atoms. The molecule has 0 aliphatic rings. The zero-order valence-corrected chi connectivity index (χ0v) is 10.0. The van der Waals surface area contributed by atoms with Crippen molar-refractivity contribution in [2.45, 2.75) is 11.8 Å². The van der Waals surface area contributed by atoms with E-state index in [1.54, 1.807) is 6.07 Å². The number of hydrogen-bond acceptors (Lipinski definition) is 5. The summed E-state index contributed by atoms with van der Waals surface area (Å²) < 4.78 is 52.0. The molecule has 6 nitrogen and oxygen atoms in total. The van der Waals surface area contributed by atoms with Gasteiger partial charge < -0.3 is 4.13 Å². The zero-order valence-electron chi connectivity index (χ0n) is 8.40. The van der Waals surface area contributed by atoms with Crippen LogP contribution in [0.3, 0.4) is 0 Å². The minimum absolute atomic E-state index is 0.170. The van der Waals surface area contributed by atoms with Gasteiger partial charge in [0.15, 0.2) is 0 Å². The van der Waals surface area contributed by atoms with E-state index in [1.165, 1.54) is 31.2 Å². The van der Waals surface area contributed by atoms with Crippen LogP contribution >= 0.6 is 0 Å². The van der Waals surface area contributed by atoms with Crippen LogP contribution in [-0.4, -0.2) is 23.4 Å². The fourth-order valence-corrected chi connectivity index (χ4v) is 3.20. The molecule has 0 aliphatic heterocycles. The van der Waals surface area contributed by atoms with Gasteiger partial charge in [-0.05, 0) is 19.1 Å². The molecule has 1 rings (SSSR count). The SMILES string of the molecule is CCOS(=O)(=O)[N-]S(=O)(=O)c1ccccc1. The summed E-state index contributed by atoms with van der Waals surface area (Å²) in [6.07, 6.45) is 0. The molecule has 16 heavy (non-hydrogen) atoms. The number of rotatable bonds is 5. The maximum Gasteiger partial charge on any atom is 0.202 e. The number of benzene rings is 1. The standard InChI is InChI=1S/C8H10NO5S2/c1-2-14-16(12,13)9-15(10,11)8-6-4-3-5-7-8/h3-7H,2H2,1H3/q-1. The van der Waals surface area contributed by atoms with E-state index in [4.69, 9.17) is 0 Å². The Kier molecular flexibility index (Phi) is 4.03. The molecule has 0 radical (unpaired) electrons. The van der Waals surface area contributed by atoms with Crippen LogP contribution in [0.1, 0.15) is 6.92 Å². The van der Waals surface area contributed by atoms with Crippen LogP contribution in [0, 0.1) is 0 Å². The molecular formula is C8H10NO5S2-. The Bertz CT molecular complexity index is 535. The van der Waals surface area contributed by atoms with Crippen molar-refractivity contribution in [3.8, 4) is 0 Å². The smallest absolute Gasteiger partial charge is 0.202 e. The molecule has 0 aromatic heterocycles. The molecule has 0 aliphatic carbocycles. The van der Waals surface area contributed by atoms with Gasteiger partial charge >= 0.3 is 0 Å². The lowest BCUT2D eigenvalue weighted by Crippen LogP contribution is -2.10. The van der Waals surface area contributed by atoms with Crippen LogP contribution in [0.25, 0.3) is 4.13 Å². The van der Waals surface area contributed by atoms with Crippen molar-refractivity contribution >= 4 is 20.3 Å². The molecule has 0 heterocycles. The normalized spacial score (nSPS) is 12.6. The lowest BCUT2D eigenvalue weighted by atomic mass is 10.4. The largest absolute Gasteiger partial charge is 0.407 e. The van der Waals surface area contributed by atoms with Crippen LogP contribution < -0.4 is 0 Å². The molecule has 1 aromatic carbocycles. The molecule has 90 valence electrons. The zero-order chi connectivity index (χ0) is 12.2. The second-order valence-electron chi connectivity index (χ2n) is 2.70. The highest BCUT2D eigenvalue weighted by molar-refractivity contribution is 8.10. The molecule has 0 fully saturated rings. The summed E-state index contributed by atoms with van der Waals surface area (Å²) in [5, 5.41) is 0. The Morgan fingerprint density at radius 2 is 1.69 bits per heavy atom. The molecule has 0 atom stereocenters. The van der Waals surface area contributed by atoms with Crippen molar-refractivity contribution < 1.29 is 21.0 Å². The lowest BCUT2D eigenvalue weighted by molar-refractivity contribution is 0.344. The van der Waals surface area contributed by atoms with Crippen molar-refractivity contribution in [3.05, 3.63) is 34.5 Å². The molecule has 0 saturated carbocycles. The summed E-state index contributed by atoms with van der Waals surface area (Å²) in [6.45, 7) is 1.25. The maximum atomic E-state index is 11.5. The molecular weight excluding hydrogens is 254 g/mol. The molecule has 0 unspecified atom stereocenters. The summed E-state index contributed by atoms with van der Waals surface area (Å²) in [5.74, 6) is 0. The van der Waals surface area contributed by atoms with E-state index >= 15 is 0 Å². The van der Waals surface area contributed by atoms with Crippen molar-refractivity contribution in [1.82, 2.24) is 0 Å². The van der Waals surface area contributed by atoms with E-state index in [2.05, 4.69) is 8.31 Å². The third-order valence-corrected chi connectivity index (χ3v) is 4.41. The first-order valence-corrected chi connectivity index (χ1v) is 7.11. The fourth-order valence-electron chi connectivity index (χ4n) is 0.926. The van der Waals surface area contributed by atoms with Crippen LogP contribution in [0.4, 0.5) is 0 Å². The summed E-state index contributed by atoms with van der Waals surface area (Å²) >= 11 is 0. The Morgan fingerprint density at radius 3 is 2.19 bits per heavy atom. The number of sulfonamides is 1. The van der Waals surface area contributed by atoms with E-state index < -0.39 is 20.3 Å². The molecule has 0 amide bonds. The van der Waals surface area contributed by atoms with Gasteiger partial charge in [0.25, 0.3) is 0 Å². The van der Waals surface area contributed by atoms with E-state index in [9.17, 15) is 16.8 Å². The minimum Gasteiger partial charge on any atom is -0.407 e. The van der Waals surface area contributed by atoms with Gasteiger partial charge in [-0.15, -0.1) is 0 Å². The Balaban J connectivity index is 2.98. The maximum absolute atomic E-state index is 11.5. The highest BCUT2D eigenvalue weighted by Gasteiger charge is 2.09. The van der Waals surface area contributed by atoms with Crippen LogP contribution in [-0.2, 0) is 24.5 Å². The average Bonchev–Trinajstić information content (AvgIpc) is 2.17. The van der Waals surface area contributed by atoms with Gasteiger partial charge in [0.05, 0.1) is 6.61 Å². The number of hydrogen-bond donors (Lipinski definition) is 0. The Hall–Kier alpha value is -0.960. The van der Waals surface area contributed by atoms with Gasteiger partial charge in [0.1, 0.15) is 10.0 Å². The first-order chi connectivity index (χ1) is 7.37. The van der Waals surface area contributed by atoms with Gasteiger partial charge in [-0.25, -0.2) is 16.8 Å². The van der Waals surface area contributed by atoms with E-state index in [1.807, 2.05) is 0 Å². The van der Waals surface area contributed by atoms with Gasteiger partial charge in [-0.3, -0.25) is 4.18 Å². The first kappa shape index (κ1) is 13.1. The van der Waals surface area contributed by atoms with E-state index in [0.29, 0.717) is 0 Å². The highest BCUT2D eigenvalue weighted by Crippen LogP contribution is 2.20. The third-order valence-electron chi connectivity index (χ3n) is 1.50. The molecule has 0 N–H and O–H groups in total. The lowest BCUT2D eigenvalue weighted by Gasteiger charge is -2.19. The van der Waals surface area contributed by atoms with Gasteiger partial charge in [0.2, 0.25) is 10.3 Å². The number of nitrogens with zero attached hydrogens (tertiary/aromatic N) is 1. The predicted octanol–water partition coefficient (Wildman–Crippen LogP) is 1.03. The molecule has 1 aromatic rings. The Labute approximate surface area is 94.6 Å². The molecule has 8 heteroatoms. The van der Waals surface area contributed by atoms with E-state index in [0.717, 1.165) is 0 Å². The molecule has 0 saturated heterocycles. The highest BCUT2D eigenvalue weighted by atomic mass is 32.3. The van der Waals surface area contributed by atoms with Crippen molar-refractivity contribution in [3.63, 3.8) is 0 Å². The first-order valence-electron chi connectivity index (χ1n) is 4.31. The second kappa shape index (κ2) is 4.91. The second-order valence-corrected chi connectivity index (χ2v) is 5.81. The molecule has 0 bridgehead atoms. The minimum atomic E-state index is -4.40. The van der Waals surface area contributed by atoms with Crippen LogP contribution in [0.5, 0.6) is 0 Å². The van der Waals surface area contributed by atoms with E-state index in [-0.39, 0.29) is 11.5 Å². The van der Waals surface area contributed by atoms with Crippen molar-refractivity contribution in [1.29, 1.82) is 0 Å². The van der Waals surface area contributed by atoms with Gasteiger partial charge in [0, 0.05) is 4.90 Å². The third kappa shape index (κ3) is 3.56. The summed E-state index contributed by atoms with van der Waals surface area (Å²) in [7, 11) is -8.63. The summed E-state index contributed by atoms with van der Waals surface area (Å²) in [6, 6.07) is 7.04. The van der Waals surface area contributed by atoms with Crippen molar-refractivity contribution in [2.24, 2.45) is 0 Å². The summed E-state index contributed by atoms with van der Waals surface area (Å²) in [4.78, 5) is -0.196. The Morgan fingerprint density at radius 1 is 1.12 bits per heavy atom.